The van der Waals surface area contributed by atoms with Gasteiger partial charge in [0.15, 0.2) is 5.11 Å². The highest BCUT2D eigenvalue weighted by Crippen LogP contribution is 2.14. The molecule has 0 fully saturated rings. The number of halogens is 1. The predicted molar refractivity (Wildman–Crippen MR) is 90.0 cm³/mol. The zero-order valence-electron chi connectivity index (χ0n) is 12.5. The second-order valence-corrected chi connectivity index (χ2v) is 5.62. The van der Waals surface area contributed by atoms with E-state index in [1.807, 2.05) is 18.0 Å². The van der Waals surface area contributed by atoms with Gasteiger partial charge in [-0.1, -0.05) is 35.9 Å². The molecule has 21 heavy (non-hydrogen) atoms. The van der Waals surface area contributed by atoms with Crippen LogP contribution in [-0.2, 0) is 6.54 Å². The molecule has 2 rings (SSSR count). The standard InChI is InChI=1S/C17H19FN2S/c1-12-4-7-14(8-5-12)11-20(3)17(21)19-15-9-6-13(2)16(18)10-15/h4-10H,11H2,1-3H3,(H,19,21). The molecule has 0 spiro atoms. The van der Waals surface area contributed by atoms with Crippen LogP contribution in [0.3, 0.4) is 0 Å². The van der Waals surface area contributed by atoms with Gasteiger partial charge < -0.3 is 10.2 Å². The average molecular weight is 302 g/mol. The smallest absolute Gasteiger partial charge is 0.173 e. The Bertz CT molecular complexity index is 638. The van der Waals surface area contributed by atoms with Crippen LogP contribution in [0.4, 0.5) is 10.1 Å². The molecule has 0 aliphatic heterocycles. The van der Waals surface area contributed by atoms with Gasteiger partial charge in [0.1, 0.15) is 5.82 Å². The first kappa shape index (κ1) is 15.4. The van der Waals surface area contributed by atoms with E-state index in [2.05, 4.69) is 36.5 Å². The Hall–Kier alpha value is -1.94. The number of aryl methyl sites for hydroxylation is 2. The van der Waals surface area contributed by atoms with Crippen LogP contribution in [0.5, 0.6) is 0 Å². The number of anilines is 1. The summed E-state index contributed by atoms with van der Waals surface area (Å²) < 4.78 is 13.5. The molecule has 0 saturated heterocycles. The SMILES string of the molecule is Cc1ccc(CN(C)C(=S)Nc2ccc(C)c(F)c2)cc1. The van der Waals surface area contributed by atoms with Gasteiger partial charge in [-0.05, 0) is 49.3 Å². The molecule has 0 unspecified atom stereocenters. The van der Waals surface area contributed by atoms with Gasteiger partial charge in [0, 0.05) is 19.3 Å². The fourth-order valence-electron chi connectivity index (χ4n) is 1.93. The zero-order chi connectivity index (χ0) is 15.4. The molecule has 0 amide bonds. The van der Waals surface area contributed by atoms with Gasteiger partial charge in [0.25, 0.3) is 0 Å². The summed E-state index contributed by atoms with van der Waals surface area (Å²) in [5.74, 6) is -0.232. The summed E-state index contributed by atoms with van der Waals surface area (Å²) in [4.78, 5) is 1.93. The molecule has 2 aromatic rings. The van der Waals surface area contributed by atoms with Gasteiger partial charge >= 0.3 is 0 Å². The summed E-state index contributed by atoms with van der Waals surface area (Å²) in [6.07, 6.45) is 0. The fraction of sp³-hybridized carbons (Fsp3) is 0.235. The van der Waals surface area contributed by atoms with Crippen LogP contribution >= 0.6 is 12.2 Å². The molecular weight excluding hydrogens is 283 g/mol. The molecule has 2 nitrogen and oxygen atoms in total. The Kier molecular flexibility index (Phi) is 4.91. The molecule has 0 atom stereocenters. The molecule has 1 N–H and O–H groups in total. The number of benzene rings is 2. The van der Waals surface area contributed by atoms with Gasteiger partial charge in [0.05, 0.1) is 0 Å². The van der Waals surface area contributed by atoms with Crippen LogP contribution in [0.1, 0.15) is 16.7 Å². The normalized spacial score (nSPS) is 10.3. The van der Waals surface area contributed by atoms with E-state index in [9.17, 15) is 4.39 Å². The van der Waals surface area contributed by atoms with E-state index in [1.165, 1.54) is 17.2 Å². The van der Waals surface area contributed by atoms with Gasteiger partial charge in [-0.2, -0.15) is 0 Å². The fourth-order valence-corrected chi connectivity index (χ4v) is 2.11. The molecule has 0 heterocycles. The van der Waals surface area contributed by atoms with Crippen LogP contribution in [0.15, 0.2) is 42.5 Å². The number of thiocarbonyl (C=S) groups is 1. The summed E-state index contributed by atoms with van der Waals surface area (Å²) in [6.45, 7) is 4.51. The minimum absolute atomic E-state index is 0.232. The van der Waals surface area contributed by atoms with Crippen molar-refractivity contribution in [3.8, 4) is 0 Å². The lowest BCUT2D eigenvalue weighted by atomic mass is 10.1. The molecule has 0 saturated carbocycles. The number of hydrogen-bond acceptors (Lipinski definition) is 1. The van der Waals surface area contributed by atoms with Crippen molar-refractivity contribution in [3.05, 3.63) is 65.0 Å². The van der Waals surface area contributed by atoms with Gasteiger partial charge in [0.2, 0.25) is 0 Å². The van der Waals surface area contributed by atoms with Crippen molar-refractivity contribution in [2.24, 2.45) is 0 Å². The molecule has 0 radical (unpaired) electrons. The first-order valence-electron chi connectivity index (χ1n) is 6.79. The first-order chi connectivity index (χ1) is 9.95. The molecule has 0 aliphatic rings. The number of rotatable bonds is 3. The Labute approximate surface area is 130 Å². The van der Waals surface area contributed by atoms with E-state index >= 15 is 0 Å². The minimum Gasteiger partial charge on any atom is -0.348 e. The highest BCUT2D eigenvalue weighted by molar-refractivity contribution is 7.80. The second-order valence-electron chi connectivity index (χ2n) is 5.24. The Morgan fingerprint density at radius 2 is 1.81 bits per heavy atom. The summed E-state index contributed by atoms with van der Waals surface area (Å²) in [5, 5.41) is 3.63. The van der Waals surface area contributed by atoms with E-state index in [4.69, 9.17) is 12.2 Å². The third-order valence-electron chi connectivity index (χ3n) is 3.31. The summed E-state index contributed by atoms with van der Waals surface area (Å²) in [5.41, 5.74) is 3.71. The first-order valence-corrected chi connectivity index (χ1v) is 7.20. The predicted octanol–water partition coefficient (Wildman–Crippen LogP) is 4.27. The number of nitrogens with zero attached hydrogens (tertiary/aromatic N) is 1. The van der Waals surface area contributed by atoms with Crippen molar-refractivity contribution in [1.82, 2.24) is 4.90 Å². The second kappa shape index (κ2) is 6.68. The topological polar surface area (TPSA) is 15.3 Å². The molecule has 0 aromatic heterocycles. The number of hydrogen-bond donors (Lipinski definition) is 1. The maximum absolute atomic E-state index is 13.5. The lowest BCUT2D eigenvalue weighted by Crippen LogP contribution is -2.30. The van der Waals surface area contributed by atoms with Crippen molar-refractivity contribution in [3.63, 3.8) is 0 Å². The van der Waals surface area contributed by atoms with Crippen molar-refractivity contribution >= 4 is 23.0 Å². The van der Waals surface area contributed by atoms with Crippen LogP contribution in [0.2, 0.25) is 0 Å². The number of nitrogens with one attached hydrogen (secondary N) is 1. The van der Waals surface area contributed by atoms with E-state index in [0.29, 0.717) is 22.9 Å². The largest absolute Gasteiger partial charge is 0.348 e. The third-order valence-corrected chi connectivity index (χ3v) is 3.72. The molecule has 4 heteroatoms. The molecule has 2 aromatic carbocycles. The van der Waals surface area contributed by atoms with Gasteiger partial charge in [-0.15, -0.1) is 0 Å². The van der Waals surface area contributed by atoms with E-state index in [-0.39, 0.29) is 5.82 Å². The summed E-state index contributed by atoms with van der Waals surface area (Å²) in [6, 6.07) is 13.3. The summed E-state index contributed by atoms with van der Waals surface area (Å²) in [7, 11) is 1.92. The Morgan fingerprint density at radius 1 is 1.14 bits per heavy atom. The molecule has 110 valence electrons. The van der Waals surface area contributed by atoms with Crippen molar-refractivity contribution in [1.29, 1.82) is 0 Å². The van der Waals surface area contributed by atoms with E-state index in [1.54, 1.807) is 13.0 Å². The highest BCUT2D eigenvalue weighted by Gasteiger charge is 2.07. The minimum atomic E-state index is -0.232. The zero-order valence-corrected chi connectivity index (χ0v) is 13.3. The monoisotopic (exact) mass is 302 g/mol. The molecule has 0 bridgehead atoms. The lowest BCUT2D eigenvalue weighted by Gasteiger charge is -2.21. The Balaban J connectivity index is 1.98. The van der Waals surface area contributed by atoms with Gasteiger partial charge in [-0.25, -0.2) is 4.39 Å². The van der Waals surface area contributed by atoms with Crippen molar-refractivity contribution < 1.29 is 4.39 Å². The molecular formula is C17H19FN2S. The quantitative estimate of drug-likeness (QED) is 0.852. The van der Waals surface area contributed by atoms with E-state index < -0.39 is 0 Å². The van der Waals surface area contributed by atoms with Crippen molar-refractivity contribution in [2.45, 2.75) is 20.4 Å². The van der Waals surface area contributed by atoms with Crippen molar-refractivity contribution in [2.75, 3.05) is 12.4 Å². The highest BCUT2D eigenvalue weighted by atomic mass is 32.1. The van der Waals surface area contributed by atoms with Crippen LogP contribution < -0.4 is 5.32 Å². The average Bonchev–Trinajstić information content (AvgIpc) is 2.45. The lowest BCUT2D eigenvalue weighted by molar-refractivity contribution is 0.508. The van der Waals surface area contributed by atoms with Crippen LogP contribution in [-0.4, -0.2) is 17.1 Å². The summed E-state index contributed by atoms with van der Waals surface area (Å²) >= 11 is 5.35. The maximum Gasteiger partial charge on any atom is 0.173 e. The third kappa shape index (κ3) is 4.26. The van der Waals surface area contributed by atoms with Crippen LogP contribution in [0, 0.1) is 19.7 Å². The maximum atomic E-state index is 13.5. The Morgan fingerprint density at radius 3 is 2.43 bits per heavy atom. The van der Waals surface area contributed by atoms with E-state index in [0.717, 1.165) is 0 Å². The molecule has 0 aliphatic carbocycles. The van der Waals surface area contributed by atoms with Gasteiger partial charge in [-0.3, -0.25) is 0 Å². The van der Waals surface area contributed by atoms with Crippen LogP contribution in [0.25, 0.3) is 0 Å².